The summed E-state index contributed by atoms with van der Waals surface area (Å²) < 4.78 is 4.60. The van der Waals surface area contributed by atoms with Crippen LogP contribution >= 0.6 is 0 Å². The van der Waals surface area contributed by atoms with Gasteiger partial charge in [-0.2, -0.15) is 0 Å². The Morgan fingerprint density at radius 1 is 1.80 bits per heavy atom. The van der Waals surface area contributed by atoms with Crippen molar-refractivity contribution >= 4 is 0 Å². The largest absolute Gasteiger partial charge is 2.00 e. The fourth-order valence-electron chi connectivity index (χ4n) is 0.0680. The molecular weight excluding hydrogens is 99.9 g/mol. The van der Waals surface area contributed by atoms with Crippen molar-refractivity contribution in [3.05, 3.63) is 6.92 Å². The van der Waals surface area contributed by atoms with Crippen molar-refractivity contribution in [3.8, 4) is 0 Å². The Bertz CT molecular complexity index is 26.1. The van der Waals surface area contributed by atoms with Crippen molar-refractivity contribution in [1.29, 1.82) is 0 Å². The summed E-state index contributed by atoms with van der Waals surface area (Å²) in [6.07, 6.45) is 0.333. The summed E-state index contributed by atoms with van der Waals surface area (Å²) in [5, 5.41) is 0. The molecule has 2 heteroatoms. The first-order chi connectivity index (χ1) is 1.89. The van der Waals surface area contributed by atoms with Crippen LogP contribution in [0.15, 0.2) is 0 Å². The first-order valence-electron chi connectivity index (χ1n) is 1.34. The van der Waals surface area contributed by atoms with E-state index in [1.807, 2.05) is 0 Å². The third-order valence-corrected chi connectivity index (χ3v) is 0.402. The number of ether oxygens (including phenoxy) is 1. The second-order valence-corrected chi connectivity index (χ2v) is 0.955. The molecule has 26 valence electrons. The van der Waals surface area contributed by atoms with Crippen LogP contribution in [0.1, 0.15) is 0 Å². The van der Waals surface area contributed by atoms with Crippen LogP contribution in [0.4, 0.5) is 0 Å². The van der Waals surface area contributed by atoms with Gasteiger partial charge in [0.2, 0.25) is 0 Å². The SMILES string of the molecule is [CH2-]C1CO1.[Ti+2]. The Labute approximate surface area is 46.6 Å². The van der Waals surface area contributed by atoms with Crippen LogP contribution in [-0.4, -0.2) is 12.7 Å². The zero-order chi connectivity index (χ0) is 2.99. The van der Waals surface area contributed by atoms with Crippen molar-refractivity contribution < 1.29 is 26.5 Å². The van der Waals surface area contributed by atoms with E-state index in [9.17, 15) is 0 Å². The van der Waals surface area contributed by atoms with Gasteiger partial charge in [0.25, 0.3) is 0 Å². The molecule has 1 aliphatic heterocycles. The minimum atomic E-state index is 0. The fourth-order valence-corrected chi connectivity index (χ4v) is 0.0680. The molecule has 1 aliphatic rings. The Balaban J connectivity index is 0.000000160. The molecule has 1 atom stereocenters. The van der Waals surface area contributed by atoms with E-state index in [2.05, 4.69) is 11.7 Å². The summed E-state index contributed by atoms with van der Waals surface area (Å²) in [5.74, 6) is 0. The minimum Gasteiger partial charge on any atom is -0.408 e. The van der Waals surface area contributed by atoms with Crippen LogP contribution in [0.25, 0.3) is 0 Å². The van der Waals surface area contributed by atoms with Gasteiger partial charge in [0.05, 0.1) is 0 Å². The van der Waals surface area contributed by atoms with Gasteiger partial charge in [0.1, 0.15) is 0 Å². The summed E-state index contributed by atoms with van der Waals surface area (Å²) in [7, 11) is 0. The Hall–Kier alpha value is 0.674. The molecule has 0 saturated carbocycles. The Morgan fingerprint density at radius 2 is 2.00 bits per heavy atom. The third-order valence-electron chi connectivity index (χ3n) is 0.402. The molecule has 1 rings (SSSR count). The molecule has 0 aliphatic carbocycles. The molecule has 0 amide bonds. The molecule has 5 heavy (non-hydrogen) atoms. The maximum absolute atomic E-state index is 4.60. The number of epoxide rings is 1. The van der Waals surface area contributed by atoms with Crippen LogP contribution in [0.3, 0.4) is 0 Å². The maximum Gasteiger partial charge on any atom is 2.00 e. The quantitative estimate of drug-likeness (QED) is 0.244. The van der Waals surface area contributed by atoms with E-state index >= 15 is 0 Å². The summed E-state index contributed by atoms with van der Waals surface area (Å²) in [6, 6.07) is 0. The average molecular weight is 105 g/mol. The van der Waals surface area contributed by atoms with Crippen LogP contribution in [0.2, 0.25) is 0 Å². The molecule has 1 unspecified atom stereocenters. The van der Waals surface area contributed by atoms with Gasteiger partial charge < -0.3 is 11.7 Å². The fraction of sp³-hybridized carbons (Fsp3) is 0.667. The molecule has 0 spiro atoms. The monoisotopic (exact) mass is 105 g/mol. The van der Waals surface area contributed by atoms with Gasteiger partial charge >= 0.3 is 21.7 Å². The van der Waals surface area contributed by atoms with Crippen molar-refractivity contribution in [3.63, 3.8) is 0 Å². The first-order valence-corrected chi connectivity index (χ1v) is 1.34. The molecular formula is C3H5OTi+. The van der Waals surface area contributed by atoms with Crippen LogP contribution in [0.5, 0.6) is 0 Å². The van der Waals surface area contributed by atoms with E-state index in [1.54, 1.807) is 0 Å². The smallest absolute Gasteiger partial charge is 0.408 e. The average Bonchev–Trinajstić information content (AvgIpc) is 1.75. The van der Waals surface area contributed by atoms with E-state index in [0.29, 0.717) is 6.10 Å². The van der Waals surface area contributed by atoms with Crippen molar-refractivity contribution in [2.24, 2.45) is 0 Å². The third kappa shape index (κ3) is 2.48. The zero-order valence-electron chi connectivity index (χ0n) is 2.90. The van der Waals surface area contributed by atoms with Gasteiger partial charge in [0.15, 0.2) is 0 Å². The topological polar surface area (TPSA) is 12.5 Å². The van der Waals surface area contributed by atoms with Crippen molar-refractivity contribution in [2.45, 2.75) is 6.10 Å². The van der Waals surface area contributed by atoms with E-state index < -0.39 is 0 Å². The molecule has 1 fully saturated rings. The molecule has 1 saturated heterocycles. The summed E-state index contributed by atoms with van der Waals surface area (Å²) in [4.78, 5) is 0. The van der Waals surface area contributed by atoms with Crippen molar-refractivity contribution in [1.82, 2.24) is 0 Å². The van der Waals surface area contributed by atoms with Crippen LogP contribution in [0, 0.1) is 6.92 Å². The minimum absolute atomic E-state index is 0. The van der Waals surface area contributed by atoms with Gasteiger partial charge in [-0.3, -0.25) is 0 Å². The summed E-state index contributed by atoms with van der Waals surface area (Å²) >= 11 is 0. The summed E-state index contributed by atoms with van der Waals surface area (Å²) in [6.45, 7) is 4.40. The Morgan fingerprint density at radius 3 is 2.00 bits per heavy atom. The first kappa shape index (κ1) is 5.67. The molecule has 0 N–H and O–H groups in total. The molecule has 0 radical (unpaired) electrons. The van der Waals surface area contributed by atoms with Gasteiger partial charge in [-0.1, -0.05) is 0 Å². The van der Waals surface area contributed by atoms with Gasteiger partial charge in [-0.25, -0.2) is 0 Å². The van der Waals surface area contributed by atoms with Crippen LogP contribution in [-0.2, 0) is 26.5 Å². The van der Waals surface area contributed by atoms with E-state index in [1.165, 1.54) is 0 Å². The zero-order valence-corrected chi connectivity index (χ0v) is 4.46. The number of hydrogen-bond donors (Lipinski definition) is 0. The number of hydrogen-bond acceptors (Lipinski definition) is 1. The van der Waals surface area contributed by atoms with Crippen LogP contribution < -0.4 is 0 Å². The molecule has 0 aromatic heterocycles. The predicted octanol–water partition coefficient (Wildman–Crippen LogP) is 0.217. The summed E-state index contributed by atoms with van der Waals surface area (Å²) in [5.41, 5.74) is 0. The van der Waals surface area contributed by atoms with E-state index in [-0.39, 0.29) is 21.7 Å². The van der Waals surface area contributed by atoms with Gasteiger partial charge in [-0.15, -0.1) is 0 Å². The Kier molecular flexibility index (Phi) is 2.22. The maximum atomic E-state index is 4.60. The molecule has 1 nitrogen and oxygen atoms in total. The molecule has 1 heterocycles. The second-order valence-electron chi connectivity index (χ2n) is 0.955. The standard InChI is InChI=1S/C3H5O.Ti/c1-3-2-4-3;/h3H,1-2H2;/q-1;+2. The second kappa shape index (κ2) is 1.96. The van der Waals surface area contributed by atoms with Crippen molar-refractivity contribution in [2.75, 3.05) is 6.61 Å². The van der Waals surface area contributed by atoms with E-state index in [4.69, 9.17) is 0 Å². The van der Waals surface area contributed by atoms with Gasteiger partial charge in [-0.05, 0) is 6.10 Å². The molecule has 0 bridgehead atoms. The normalized spacial score (nSPS) is 31.8. The van der Waals surface area contributed by atoms with E-state index in [0.717, 1.165) is 6.61 Å². The number of rotatable bonds is 0. The predicted molar refractivity (Wildman–Crippen MR) is 15.1 cm³/mol. The molecule has 0 aromatic rings. The van der Waals surface area contributed by atoms with Gasteiger partial charge in [0, 0.05) is 6.61 Å². The molecule has 0 aromatic carbocycles.